The van der Waals surface area contributed by atoms with E-state index in [0.717, 1.165) is 6.07 Å². The number of likely N-dealkylation sites (N-methyl/N-ethyl adjacent to an activating group) is 1. The third-order valence-corrected chi connectivity index (χ3v) is 2.77. The smallest absolute Gasteiger partial charge is 0.276 e. The summed E-state index contributed by atoms with van der Waals surface area (Å²) in [6.45, 7) is 4.09. The number of pyridine rings is 1. The third-order valence-electron chi connectivity index (χ3n) is 2.58. The van der Waals surface area contributed by atoms with Crippen LogP contribution in [0.3, 0.4) is 0 Å². The Kier molecular flexibility index (Phi) is 5.05. The monoisotopic (exact) mass is 286 g/mol. The fourth-order valence-corrected chi connectivity index (χ4v) is 1.64. The molecule has 0 aliphatic heterocycles. The predicted molar refractivity (Wildman–Crippen MR) is 72.3 cm³/mol. The molecule has 0 radical (unpaired) electrons. The van der Waals surface area contributed by atoms with E-state index in [1.807, 2.05) is 6.92 Å². The zero-order chi connectivity index (χ0) is 14.6. The zero-order valence-corrected chi connectivity index (χ0v) is 11.6. The Hall–Kier alpha value is -1.89. The van der Waals surface area contributed by atoms with Gasteiger partial charge in [0.2, 0.25) is 5.91 Å². The maximum atomic E-state index is 11.9. The SMILES string of the molecule is CCN(C)C(=O)C(C)Nc1cc([N+](=O)[O-])cc(Cl)n1. The molecule has 19 heavy (non-hydrogen) atoms. The van der Waals surface area contributed by atoms with Gasteiger partial charge in [0.15, 0.2) is 0 Å². The first kappa shape index (κ1) is 15.2. The number of nitrogens with zero attached hydrogens (tertiary/aromatic N) is 3. The summed E-state index contributed by atoms with van der Waals surface area (Å²) in [7, 11) is 1.67. The maximum absolute atomic E-state index is 11.9. The second-order valence-corrected chi connectivity index (χ2v) is 4.40. The van der Waals surface area contributed by atoms with Crippen molar-refractivity contribution in [2.75, 3.05) is 18.9 Å². The Labute approximate surface area is 115 Å². The average Bonchev–Trinajstić information content (AvgIpc) is 2.35. The summed E-state index contributed by atoms with van der Waals surface area (Å²) in [6.07, 6.45) is 0. The molecule has 0 aliphatic carbocycles. The average molecular weight is 287 g/mol. The summed E-state index contributed by atoms with van der Waals surface area (Å²) < 4.78 is 0. The second-order valence-electron chi connectivity index (χ2n) is 4.01. The van der Waals surface area contributed by atoms with Gasteiger partial charge in [0.1, 0.15) is 17.0 Å². The number of carbonyl (C=O) groups excluding carboxylic acids is 1. The summed E-state index contributed by atoms with van der Waals surface area (Å²) in [4.78, 5) is 27.4. The van der Waals surface area contributed by atoms with Gasteiger partial charge in [0.05, 0.1) is 17.1 Å². The maximum Gasteiger partial charge on any atom is 0.276 e. The molecule has 1 heterocycles. The molecule has 0 spiro atoms. The number of hydrogen-bond acceptors (Lipinski definition) is 5. The Morgan fingerprint density at radius 1 is 1.63 bits per heavy atom. The normalized spacial score (nSPS) is 11.8. The lowest BCUT2D eigenvalue weighted by atomic mass is 10.3. The van der Waals surface area contributed by atoms with Crippen LogP contribution in [0.15, 0.2) is 12.1 Å². The second kappa shape index (κ2) is 6.33. The fraction of sp³-hybridized carbons (Fsp3) is 0.455. The molecular weight excluding hydrogens is 272 g/mol. The largest absolute Gasteiger partial charge is 0.358 e. The molecule has 0 bridgehead atoms. The first-order valence-electron chi connectivity index (χ1n) is 5.68. The van der Waals surface area contributed by atoms with Crippen molar-refractivity contribution in [2.45, 2.75) is 19.9 Å². The number of carbonyl (C=O) groups is 1. The summed E-state index contributed by atoms with van der Waals surface area (Å²) in [5, 5.41) is 13.5. The molecule has 0 aliphatic rings. The molecule has 0 fully saturated rings. The van der Waals surface area contributed by atoms with Gasteiger partial charge in [-0.2, -0.15) is 0 Å². The van der Waals surface area contributed by atoms with Gasteiger partial charge in [-0.25, -0.2) is 4.98 Å². The Bertz CT molecular complexity index is 495. The molecule has 0 aromatic carbocycles. The van der Waals surface area contributed by atoms with Crippen molar-refractivity contribution in [3.05, 3.63) is 27.4 Å². The molecule has 104 valence electrons. The topological polar surface area (TPSA) is 88.4 Å². The minimum absolute atomic E-state index is 0.000181. The van der Waals surface area contributed by atoms with E-state index in [0.29, 0.717) is 6.54 Å². The van der Waals surface area contributed by atoms with Crippen molar-refractivity contribution in [3.63, 3.8) is 0 Å². The number of aromatic nitrogens is 1. The van der Waals surface area contributed by atoms with E-state index in [9.17, 15) is 14.9 Å². The first-order chi connectivity index (χ1) is 8.85. The summed E-state index contributed by atoms with van der Waals surface area (Å²) in [6, 6.07) is 1.84. The molecule has 1 N–H and O–H groups in total. The van der Waals surface area contributed by atoms with Gasteiger partial charge in [-0.05, 0) is 13.8 Å². The van der Waals surface area contributed by atoms with E-state index in [1.165, 1.54) is 11.0 Å². The van der Waals surface area contributed by atoms with Crippen molar-refractivity contribution < 1.29 is 9.72 Å². The number of anilines is 1. The van der Waals surface area contributed by atoms with Gasteiger partial charge in [-0.3, -0.25) is 14.9 Å². The number of nitro groups is 1. The van der Waals surface area contributed by atoms with Crippen molar-refractivity contribution in [1.82, 2.24) is 9.88 Å². The Morgan fingerprint density at radius 3 is 2.79 bits per heavy atom. The van der Waals surface area contributed by atoms with Crippen LogP contribution in [-0.4, -0.2) is 40.3 Å². The van der Waals surface area contributed by atoms with Crippen molar-refractivity contribution in [2.24, 2.45) is 0 Å². The van der Waals surface area contributed by atoms with E-state index < -0.39 is 11.0 Å². The predicted octanol–water partition coefficient (Wildman–Crippen LogP) is 1.92. The van der Waals surface area contributed by atoms with Crippen LogP contribution in [0.1, 0.15) is 13.8 Å². The van der Waals surface area contributed by atoms with Crippen LogP contribution in [0.2, 0.25) is 5.15 Å². The fourth-order valence-electron chi connectivity index (χ4n) is 1.43. The number of halogens is 1. The highest BCUT2D eigenvalue weighted by Crippen LogP contribution is 2.21. The Morgan fingerprint density at radius 2 is 2.26 bits per heavy atom. The van der Waals surface area contributed by atoms with Crippen LogP contribution < -0.4 is 5.32 Å². The summed E-state index contributed by atoms with van der Waals surface area (Å²) >= 11 is 5.70. The molecule has 1 atom stereocenters. The quantitative estimate of drug-likeness (QED) is 0.507. The summed E-state index contributed by atoms with van der Waals surface area (Å²) in [5.41, 5.74) is -0.175. The van der Waals surface area contributed by atoms with Crippen LogP contribution in [0.5, 0.6) is 0 Å². The van der Waals surface area contributed by atoms with E-state index >= 15 is 0 Å². The molecule has 1 rings (SSSR count). The van der Waals surface area contributed by atoms with E-state index in [-0.39, 0.29) is 22.6 Å². The minimum Gasteiger partial charge on any atom is -0.358 e. The Balaban J connectivity index is 2.87. The lowest BCUT2D eigenvalue weighted by Gasteiger charge is -2.20. The lowest BCUT2D eigenvalue weighted by Crippen LogP contribution is -2.39. The highest BCUT2D eigenvalue weighted by Gasteiger charge is 2.18. The van der Waals surface area contributed by atoms with Gasteiger partial charge in [0.25, 0.3) is 5.69 Å². The van der Waals surface area contributed by atoms with Crippen LogP contribution in [0.25, 0.3) is 0 Å². The van der Waals surface area contributed by atoms with Gasteiger partial charge in [0, 0.05) is 13.6 Å². The van der Waals surface area contributed by atoms with Gasteiger partial charge in [-0.1, -0.05) is 11.6 Å². The number of amides is 1. The van der Waals surface area contributed by atoms with E-state index in [2.05, 4.69) is 10.3 Å². The van der Waals surface area contributed by atoms with Crippen LogP contribution in [0.4, 0.5) is 11.5 Å². The zero-order valence-electron chi connectivity index (χ0n) is 10.9. The van der Waals surface area contributed by atoms with Crippen molar-refractivity contribution in [1.29, 1.82) is 0 Å². The van der Waals surface area contributed by atoms with Crippen molar-refractivity contribution in [3.8, 4) is 0 Å². The molecule has 1 amide bonds. The van der Waals surface area contributed by atoms with Crippen molar-refractivity contribution >= 4 is 29.0 Å². The number of hydrogen-bond donors (Lipinski definition) is 1. The van der Waals surface area contributed by atoms with Crippen LogP contribution in [0, 0.1) is 10.1 Å². The molecule has 1 aromatic rings. The first-order valence-corrected chi connectivity index (χ1v) is 6.06. The standard InChI is InChI=1S/C11H15ClN4O3/c1-4-15(3)11(17)7(2)13-10-6-8(16(18)19)5-9(12)14-10/h5-7H,4H2,1-3H3,(H,13,14). The minimum atomic E-state index is -0.566. The van der Waals surface area contributed by atoms with Crippen LogP contribution >= 0.6 is 11.6 Å². The van der Waals surface area contributed by atoms with E-state index in [4.69, 9.17) is 11.6 Å². The van der Waals surface area contributed by atoms with Gasteiger partial charge in [-0.15, -0.1) is 0 Å². The molecule has 0 saturated heterocycles. The lowest BCUT2D eigenvalue weighted by molar-refractivity contribution is -0.384. The molecule has 0 saturated carbocycles. The number of nitrogens with one attached hydrogen (secondary N) is 1. The molecular formula is C11H15ClN4O3. The highest BCUT2D eigenvalue weighted by atomic mass is 35.5. The molecule has 7 nitrogen and oxygen atoms in total. The molecule has 8 heteroatoms. The molecule has 1 aromatic heterocycles. The highest BCUT2D eigenvalue weighted by molar-refractivity contribution is 6.29. The van der Waals surface area contributed by atoms with Gasteiger partial charge < -0.3 is 10.2 Å². The van der Waals surface area contributed by atoms with Crippen LogP contribution in [-0.2, 0) is 4.79 Å². The number of rotatable bonds is 5. The third kappa shape index (κ3) is 4.06. The molecule has 1 unspecified atom stereocenters. The summed E-state index contributed by atoms with van der Waals surface area (Å²) in [5.74, 6) is 0.0662. The van der Waals surface area contributed by atoms with Gasteiger partial charge >= 0.3 is 0 Å². The van der Waals surface area contributed by atoms with E-state index in [1.54, 1.807) is 14.0 Å².